The number of hydrogen-bond acceptors (Lipinski definition) is 2. The molecule has 0 radical (unpaired) electrons. The lowest BCUT2D eigenvalue weighted by Gasteiger charge is -1.92. The van der Waals surface area contributed by atoms with E-state index in [0.717, 1.165) is 16.7 Å². The maximum Gasteiger partial charge on any atom is 0.134 e. The molecule has 14 heavy (non-hydrogen) atoms. The molecule has 0 amide bonds. The highest BCUT2D eigenvalue weighted by Gasteiger charge is 2.29. The van der Waals surface area contributed by atoms with Gasteiger partial charge >= 0.3 is 0 Å². The fraction of sp³-hybridized carbons (Fsp3) is 0.333. The SMILES string of the molecule is Cc1c(C2CC2)oc2ccc(O)cc12. The summed E-state index contributed by atoms with van der Waals surface area (Å²) in [6.07, 6.45) is 2.49. The molecule has 2 nitrogen and oxygen atoms in total. The molecule has 0 spiro atoms. The van der Waals surface area contributed by atoms with Gasteiger partial charge in [-0.1, -0.05) is 0 Å². The van der Waals surface area contributed by atoms with Crippen LogP contribution in [0.1, 0.15) is 30.1 Å². The van der Waals surface area contributed by atoms with Crippen molar-refractivity contribution < 1.29 is 9.52 Å². The first-order chi connectivity index (χ1) is 6.75. The summed E-state index contributed by atoms with van der Waals surface area (Å²) in [4.78, 5) is 0. The van der Waals surface area contributed by atoms with Gasteiger partial charge in [0.15, 0.2) is 0 Å². The minimum absolute atomic E-state index is 0.309. The van der Waals surface area contributed by atoms with Crippen molar-refractivity contribution in [1.29, 1.82) is 0 Å². The third-order valence-corrected chi connectivity index (χ3v) is 2.90. The van der Waals surface area contributed by atoms with Crippen molar-refractivity contribution in [3.63, 3.8) is 0 Å². The molecule has 1 saturated carbocycles. The summed E-state index contributed by atoms with van der Waals surface area (Å²) in [6, 6.07) is 5.28. The Hall–Kier alpha value is -1.44. The Balaban J connectivity index is 2.29. The van der Waals surface area contributed by atoms with E-state index in [0.29, 0.717) is 11.7 Å². The second kappa shape index (κ2) is 2.53. The van der Waals surface area contributed by atoms with E-state index in [4.69, 9.17) is 4.42 Å². The van der Waals surface area contributed by atoms with Crippen molar-refractivity contribution in [2.45, 2.75) is 25.7 Å². The lowest BCUT2D eigenvalue weighted by molar-refractivity contribution is 0.475. The number of hydrogen-bond donors (Lipinski definition) is 1. The first-order valence-electron chi connectivity index (χ1n) is 4.98. The maximum atomic E-state index is 9.38. The average Bonchev–Trinajstić information content (AvgIpc) is 2.95. The van der Waals surface area contributed by atoms with Crippen molar-refractivity contribution in [1.82, 2.24) is 0 Å². The van der Waals surface area contributed by atoms with Gasteiger partial charge in [0.2, 0.25) is 0 Å². The third-order valence-electron chi connectivity index (χ3n) is 2.90. The number of fused-ring (bicyclic) bond motifs is 1. The van der Waals surface area contributed by atoms with Crippen LogP contribution >= 0.6 is 0 Å². The summed E-state index contributed by atoms with van der Waals surface area (Å²) >= 11 is 0. The predicted octanol–water partition coefficient (Wildman–Crippen LogP) is 3.32. The molecule has 1 N–H and O–H groups in total. The molecule has 3 rings (SSSR count). The van der Waals surface area contributed by atoms with Crippen molar-refractivity contribution in [2.24, 2.45) is 0 Å². The first kappa shape index (κ1) is 7.92. The quantitative estimate of drug-likeness (QED) is 0.744. The minimum Gasteiger partial charge on any atom is -0.508 e. The number of aryl methyl sites for hydroxylation is 1. The molecule has 1 aliphatic carbocycles. The molecule has 0 aliphatic heterocycles. The van der Waals surface area contributed by atoms with E-state index in [2.05, 4.69) is 6.92 Å². The van der Waals surface area contributed by atoms with Gasteiger partial charge in [0.1, 0.15) is 17.1 Å². The number of aromatic hydroxyl groups is 1. The molecule has 72 valence electrons. The summed E-state index contributed by atoms with van der Waals surface area (Å²) in [5.74, 6) is 2.05. The second-order valence-corrected chi connectivity index (χ2v) is 4.05. The fourth-order valence-corrected chi connectivity index (χ4v) is 1.96. The maximum absolute atomic E-state index is 9.38. The molecule has 0 bridgehead atoms. The lowest BCUT2D eigenvalue weighted by Crippen LogP contribution is -1.76. The van der Waals surface area contributed by atoms with Crippen LogP contribution in [0.5, 0.6) is 5.75 Å². The van der Waals surface area contributed by atoms with Gasteiger partial charge in [0.05, 0.1) is 0 Å². The summed E-state index contributed by atoms with van der Waals surface area (Å²) < 4.78 is 5.77. The third kappa shape index (κ3) is 1.03. The van der Waals surface area contributed by atoms with Crippen LogP contribution in [-0.4, -0.2) is 5.11 Å². The number of furan rings is 1. The van der Waals surface area contributed by atoms with Crippen LogP contribution in [0, 0.1) is 6.92 Å². The van der Waals surface area contributed by atoms with Gasteiger partial charge in [-0.15, -0.1) is 0 Å². The zero-order chi connectivity index (χ0) is 9.71. The molecular weight excluding hydrogens is 176 g/mol. The van der Waals surface area contributed by atoms with Gasteiger partial charge in [0, 0.05) is 11.3 Å². The molecular formula is C12H12O2. The van der Waals surface area contributed by atoms with E-state index in [9.17, 15) is 5.11 Å². The fourth-order valence-electron chi connectivity index (χ4n) is 1.96. The molecule has 1 aromatic carbocycles. The second-order valence-electron chi connectivity index (χ2n) is 4.05. The normalized spacial score (nSPS) is 16.4. The van der Waals surface area contributed by atoms with Crippen LogP contribution in [0.4, 0.5) is 0 Å². The molecule has 0 saturated heterocycles. The zero-order valence-electron chi connectivity index (χ0n) is 8.08. The Labute approximate surface area is 82.2 Å². The number of phenolic OH excluding ortho intramolecular Hbond substituents is 1. The summed E-state index contributed by atoms with van der Waals surface area (Å²) in [5, 5.41) is 10.4. The highest BCUT2D eigenvalue weighted by molar-refractivity contribution is 5.83. The Morgan fingerprint density at radius 2 is 2.14 bits per heavy atom. The number of benzene rings is 1. The largest absolute Gasteiger partial charge is 0.508 e. The van der Waals surface area contributed by atoms with Crippen LogP contribution in [0.3, 0.4) is 0 Å². The van der Waals surface area contributed by atoms with E-state index >= 15 is 0 Å². The Kier molecular flexibility index (Phi) is 1.43. The highest BCUT2D eigenvalue weighted by Crippen LogP contribution is 2.44. The van der Waals surface area contributed by atoms with Gasteiger partial charge in [-0.3, -0.25) is 0 Å². The summed E-state index contributed by atoms with van der Waals surface area (Å²) in [6.45, 7) is 2.07. The monoisotopic (exact) mass is 188 g/mol. The molecule has 1 aromatic heterocycles. The van der Waals surface area contributed by atoms with Gasteiger partial charge in [0.25, 0.3) is 0 Å². The van der Waals surface area contributed by atoms with Crippen LogP contribution in [0.2, 0.25) is 0 Å². The van der Waals surface area contributed by atoms with E-state index in [-0.39, 0.29) is 0 Å². The van der Waals surface area contributed by atoms with Crippen LogP contribution in [0.15, 0.2) is 22.6 Å². The van der Waals surface area contributed by atoms with E-state index < -0.39 is 0 Å². The van der Waals surface area contributed by atoms with Gasteiger partial charge in [-0.05, 0) is 43.5 Å². The molecule has 1 fully saturated rings. The number of rotatable bonds is 1. The average molecular weight is 188 g/mol. The highest BCUT2D eigenvalue weighted by atomic mass is 16.3. The van der Waals surface area contributed by atoms with Crippen LogP contribution in [-0.2, 0) is 0 Å². The number of phenols is 1. The topological polar surface area (TPSA) is 33.4 Å². The standard InChI is InChI=1S/C12H12O2/c1-7-10-6-9(13)4-5-11(10)14-12(7)8-2-3-8/h4-6,8,13H,2-3H2,1H3. The molecule has 0 unspecified atom stereocenters. The minimum atomic E-state index is 0.309. The van der Waals surface area contributed by atoms with E-state index in [1.807, 2.05) is 6.07 Å². The summed E-state index contributed by atoms with van der Waals surface area (Å²) in [5.41, 5.74) is 2.08. The molecule has 2 aromatic rings. The van der Waals surface area contributed by atoms with Crippen molar-refractivity contribution in [2.75, 3.05) is 0 Å². The Bertz CT molecular complexity index is 492. The van der Waals surface area contributed by atoms with Gasteiger partial charge in [-0.2, -0.15) is 0 Å². The summed E-state index contributed by atoms with van der Waals surface area (Å²) in [7, 11) is 0. The molecule has 0 atom stereocenters. The van der Waals surface area contributed by atoms with Gasteiger partial charge < -0.3 is 9.52 Å². The van der Waals surface area contributed by atoms with E-state index in [1.54, 1.807) is 12.1 Å². The van der Waals surface area contributed by atoms with Crippen molar-refractivity contribution >= 4 is 11.0 Å². The first-order valence-corrected chi connectivity index (χ1v) is 4.98. The van der Waals surface area contributed by atoms with Crippen molar-refractivity contribution in [3.8, 4) is 5.75 Å². The smallest absolute Gasteiger partial charge is 0.134 e. The van der Waals surface area contributed by atoms with Crippen LogP contribution < -0.4 is 0 Å². The lowest BCUT2D eigenvalue weighted by atomic mass is 10.1. The van der Waals surface area contributed by atoms with Crippen LogP contribution in [0.25, 0.3) is 11.0 Å². The Morgan fingerprint density at radius 3 is 2.86 bits per heavy atom. The Morgan fingerprint density at radius 1 is 1.36 bits per heavy atom. The van der Waals surface area contributed by atoms with Crippen molar-refractivity contribution in [3.05, 3.63) is 29.5 Å². The predicted molar refractivity (Wildman–Crippen MR) is 54.6 cm³/mol. The zero-order valence-corrected chi connectivity index (χ0v) is 8.08. The van der Waals surface area contributed by atoms with Gasteiger partial charge in [-0.25, -0.2) is 0 Å². The molecule has 1 heterocycles. The molecule has 1 aliphatic rings. The van der Waals surface area contributed by atoms with E-state index in [1.165, 1.54) is 18.4 Å². The molecule has 2 heteroatoms.